The van der Waals surface area contributed by atoms with Gasteiger partial charge in [-0.1, -0.05) is 30.3 Å². The molecule has 0 saturated heterocycles. The van der Waals surface area contributed by atoms with Crippen LogP contribution in [0.15, 0.2) is 42.5 Å². The van der Waals surface area contributed by atoms with E-state index in [9.17, 15) is 10.2 Å². The molecule has 1 aliphatic rings. The molecule has 1 aliphatic heterocycles. The lowest BCUT2D eigenvalue weighted by atomic mass is 9.87. The molecule has 0 saturated carbocycles. The first kappa shape index (κ1) is 14.9. The average molecular weight is 298 g/mol. The molecular formula is C19H22O3. The number of ether oxygens (including phenoxy) is 1. The Bertz CT molecular complexity index is 662. The second-order valence-corrected chi connectivity index (χ2v) is 6.49. The molecule has 3 heteroatoms. The lowest BCUT2D eigenvalue weighted by molar-refractivity contribution is -0.0414. The van der Waals surface area contributed by atoms with Gasteiger partial charge in [0.2, 0.25) is 0 Å². The third-order valence-electron chi connectivity index (χ3n) is 4.38. The number of phenolic OH excluding ortho intramolecular Hbond substituents is 1. The van der Waals surface area contributed by atoms with E-state index in [0.717, 1.165) is 24.0 Å². The molecule has 0 bridgehead atoms. The summed E-state index contributed by atoms with van der Waals surface area (Å²) in [5.41, 5.74) is 2.70. The number of phenols is 1. The van der Waals surface area contributed by atoms with Crippen LogP contribution in [-0.4, -0.2) is 21.9 Å². The van der Waals surface area contributed by atoms with Gasteiger partial charge in [-0.15, -0.1) is 0 Å². The summed E-state index contributed by atoms with van der Waals surface area (Å²) >= 11 is 0. The van der Waals surface area contributed by atoms with Gasteiger partial charge >= 0.3 is 0 Å². The molecule has 3 rings (SSSR count). The van der Waals surface area contributed by atoms with Crippen LogP contribution in [0.3, 0.4) is 0 Å². The lowest BCUT2D eigenvalue weighted by Crippen LogP contribution is -2.46. The van der Waals surface area contributed by atoms with E-state index in [0.29, 0.717) is 12.2 Å². The summed E-state index contributed by atoms with van der Waals surface area (Å²) in [6, 6.07) is 13.7. The number of benzene rings is 2. The van der Waals surface area contributed by atoms with Gasteiger partial charge in [-0.05, 0) is 43.9 Å². The summed E-state index contributed by atoms with van der Waals surface area (Å²) in [7, 11) is 0. The fourth-order valence-corrected chi connectivity index (χ4v) is 2.95. The van der Waals surface area contributed by atoms with Crippen LogP contribution in [0.1, 0.15) is 30.5 Å². The van der Waals surface area contributed by atoms with Gasteiger partial charge in [-0.3, -0.25) is 0 Å². The highest BCUT2D eigenvalue weighted by atomic mass is 16.5. The van der Waals surface area contributed by atoms with E-state index in [4.69, 9.17) is 4.74 Å². The highest BCUT2D eigenvalue weighted by Crippen LogP contribution is 2.38. The highest BCUT2D eigenvalue weighted by molar-refractivity contribution is 5.48. The largest absolute Gasteiger partial charge is 0.508 e. The first-order chi connectivity index (χ1) is 10.5. The van der Waals surface area contributed by atoms with Crippen LogP contribution in [0.25, 0.3) is 0 Å². The van der Waals surface area contributed by atoms with Crippen LogP contribution in [0.4, 0.5) is 0 Å². The Labute approximate surface area is 131 Å². The maximum atomic E-state index is 10.3. The van der Waals surface area contributed by atoms with Crippen LogP contribution >= 0.6 is 0 Å². The predicted octanol–water partition coefficient (Wildman–Crippen LogP) is 3.25. The van der Waals surface area contributed by atoms with Crippen LogP contribution in [0, 0.1) is 0 Å². The molecule has 2 aromatic rings. The van der Waals surface area contributed by atoms with Gasteiger partial charge in [0, 0.05) is 18.1 Å². The van der Waals surface area contributed by atoms with Gasteiger partial charge in [-0.25, -0.2) is 0 Å². The van der Waals surface area contributed by atoms with Gasteiger partial charge < -0.3 is 14.9 Å². The van der Waals surface area contributed by atoms with Crippen molar-refractivity contribution < 1.29 is 14.9 Å². The van der Waals surface area contributed by atoms with Crippen molar-refractivity contribution in [3.63, 3.8) is 0 Å². The highest BCUT2D eigenvalue weighted by Gasteiger charge is 2.36. The van der Waals surface area contributed by atoms with Crippen molar-refractivity contribution in [3.8, 4) is 11.5 Å². The average Bonchev–Trinajstić information content (AvgIpc) is 2.47. The number of aromatic hydroxyl groups is 1. The minimum atomic E-state index is -0.627. The first-order valence-electron chi connectivity index (χ1n) is 7.71. The Morgan fingerprint density at radius 2 is 1.86 bits per heavy atom. The number of hydrogen-bond acceptors (Lipinski definition) is 3. The second-order valence-electron chi connectivity index (χ2n) is 6.49. The Balaban J connectivity index is 1.88. The molecule has 116 valence electrons. The fraction of sp³-hybridized carbons (Fsp3) is 0.368. The van der Waals surface area contributed by atoms with Crippen molar-refractivity contribution in [1.82, 2.24) is 0 Å². The Morgan fingerprint density at radius 1 is 1.14 bits per heavy atom. The smallest absolute Gasteiger partial charge is 0.129 e. The first-order valence-corrected chi connectivity index (χ1v) is 7.71. The molecule has 1 heterocycles. The summed E-state index contributed by atoms with van der Waals surface area (Å²) in [5, 5.41) is 20.2. The fourth-order valence-electron chi connectivity index (χ4n) is 2.95. The zero-order valence-electron chi connectivity index (χ0n) is 13.0. The molecule has 22 heavy (non-hydrogen) atoms. The van der Waals surface area contributed by atoms with E-state index in [-0.39, 0.29) is 5.75 Å². The van der Waals surface area contributed by atoms with E-state index >= 15 is 0 Å². The predicted molar refractivity (Wildman–Crippen MR) is 86.4 cm³/mol. The molecule has 1 unspecified atom stereocenters. The van der Waals surface area contributed by atoms with Gasteiger partial charge in [0.05, 0.1) is 6.10 Å². The summed E-state index contributed by atoms with van der Waals surface area (Å²) in [4.78, 5) is 0. The molecule has 0 aromatic heterocycles. The van der Waals surface area contributed by atoms with Crippen molar-refractivity contribution >= 4 is 0 Å². The number of fused-ring (bicyclic) bond motifs is 1. The molecule has 0 spiro atoms. The number of aliphatic hydroxyl groups is 1. The quantitative estimate of drug-likeness (QED) is 0.914. The number of aryl methyl sites for hydroxylation is 2. The van der Waals surface area contributed by atoms with E-state index in [1.165, 1.54) is 5.56 Å². The van der Waals surface area contributed by atoms with E-state index < -0.39 is 11.7 Å². The Kier molecular flexibility index (Phi) is 3.83. The molecule has 0 aliphatic carbocycles. The Morgan fingerprint density at radius 3 is 2.59 bits per heavy atom. The van der Waals surface area contributed by atoms with Gasteiger partial charge in [-0.2, -0.15) is 0 Å². The zero-order chi connectivity index (χ0) is 15.7. The molecule has 2 aromatic carbocycles. The zero-order valence-corrected chi connectivity index (χ0v) is 13.0. The number of rotatable bonds is 3. The maximum absolute atomic E-state index is 10.3. The van der Waals surface area contributed by atoms with Crippen molar-refractivity contribution in [2.75, 3.05) is 0 Å². The molecule has 0 radical (unpaired) electrons. The molecule has 0 amide bonds. The van der Waals surface area contributed by atoms with Gasteiger partial charge in [0.1, 0.15) is 17.1 Å². The normalized spacial score (nSPS) is 19.3. The van der Waals surface area contributed by atoms with Crippen LogP contribution in [-0.2, 0) is 19.3 Å². The molecular weight excluding hydrogens is 276 g/mol. The minimum absolute atomic E-state index is 0.217. The summed E-state index contributed by atoms with van der Waals surface area (Å²) in [5.74, 6) is 0.910. The molecule has 0 fully saturated rings. The summed E-state index contributed by atoms with van der Waals surface area (Å²) < 4.78 is 5.90. The monoisotopic (exact) mass is 298 g/mol. The minimum Gasteiger partial charge on any atom is -0.508 e. The van der Waals surface area contributed by atoms with Crippen molar-refractivity contribution in [2.45, 2.75) is 44.8 Å². The van der Waals surface area contributed by atoms with Gasteiger partial charge in [0.25, 0.3) is 0 Å². The second kappa shape index (κ2) is 5.65. The number of aliphatic hydroxyl groups excluding tert-OH is 1. The van der Waals surface area contributed by atoms with Crippen molar-refractivity contribution in [1.29, 1.82) is 0 Å². The van der Waals surface area contributed by atoms with Crippen LogP contribution < -0.4 is 4.74 Å². The molecule has 2 N–H and O–H groups in total. The third kappa shape index (κ3) is 2.95. The lowest BCUT2D eigenvalue weighted by Gasteiger charge is -2.38. The van der Waals surface area contributed by atoms with Crippen LogP contribution in [0.2, 0.25) is 0 Å². The van der Waals surface area contributed by atoms with E-state index in [1.54, 1.807) is 12.1 Å². The number of hydrogen-bond donors (Lipinski definition) is 2. The van der Waals surface area contributed by atoms with Crippen molar-refractivity contribution in [2.24, 2.45) is 0 Å². The standard InChI is InChI=1S/C19H22O3/c1-19(2)18(21)12-16-14(10-15(20)11-17(16)22-19)9-8-13-6-4-3-5-7-13/h3-7,10-11,18,20-21H,8-9,12H2,1-2H3. The van der Waals surface area contributed by atoms with Crippen molar-refractivity contribution in [3.05, 3.63) is 59.2 Å². The topological polar surface area (TPSA) is 49.7 Å². The summed E-state index contributed by atoms with van der Waals surface area (Å²) in [6.45, 7) is 3.74. The van der Waals surface area contributed by atoms with E-state index in [1.807, 2.05) is 32.0 Å². The Hall–Kier alpha value is -2.00. The van der Waals surface area contributed by atoms with Crippen LogP contribution in [0.5, 0.6) is 11.5 Å². The maximum Gasteiger partial charge on any atom is 0.129 e. The summed E-state index contributed by atoms with van der Waals surface area (Å²) in [6.07, 6.45) is 1.74. The van der Waals surface area contributed by atoms with E-state index in [2.05, 4.69) is 12.1 Å². The third-order valence-corrected chi connectivity index (χ3v) is 4.38. The SMILES string of the molecule is CC1(C)Oc2cc(O)cc(CCc3ccccc3)c2CC1O. The van der Waals surface area contributed by atoms with Gasteiger partial charge in [0.15, 0.2) is 0 Å². The molecule has 3 nitrogen and oxygen atoms in total. The molecule has 1 atom stereocenters.